The monoisotopic (exact) mass is 1870 g/mol. The Morgan fingerprint density at radius 1 is 0.355 bits per heavy atom. The Morgan fingerprint density at radius 3 is 1.00 bits per heavy atom. The maximum atomic E-state index is 13.6. The number of likely N-dealkylation sites (N-methyl/N-ethyl adjacent to an activating group) is 1. The number of rotatable bonds is 13. The second-order valence-electron chi connectivity index (χ2n) is 40.0. The summed E-state index contributed by atoms with van der Waals surface area (Å²) in [5, 5.41) is 41.4. The van der Waals surface area contributed by atoms with Crippen LogP contribution in [0.25, 0.3) is 44.5 Å². The van der Waals surface area contributed by atoms with Crippen LogP contribution in [-0.4, -0.2) is 250 Å². The van der Waals surface area contributed by atoms with Crippen LogP contribution in [0.5, 0.6) is 0 Å². The molecule has 0 spiro atoms. The van der Waals surface area contributed by atoms with E-state index in [4.69, 9.17) is 25.1 Å². The molecule has 8 aromatic heterocycles. The van der Waals surface area contributed by atoms with Crippen molar-refractivity contribution in [2.24, 2.45) is 28.2 Å². The van der Waals surface area contributed by atoms with Crippen LogP contribution in [0.4, 0.5) is 54.8 Å². The van der Waals surface area contributed by atoms with Crippen molar-refractivity contribution in [3.8, 4) is 44.5 Å². The summed E-state index contributed by atoms with van der Waals surface area (Å²) < 4.78 is 48.6. The van der Waals surface area contributed by atoms with Gasteiger partial charge in [-0.3, -0.25) is 56.6 Å². The topological polar surface area (TPSA) is 264 Å². The smallest absolute Gasteiger partial charge is 0.282 e. The highest BCUT2D eigenvalue weighted by molar-refractivity contribution is 5.82. The zero-order chi connectivity index (χ0) is 95.0. The molecule has 0 saturated carbocycles. The molecule has 724 valence electrons. The highest BCUT2D eigenvalue weighted by atomic mass is 19.3. The summed E-state index contributed by atoms with van der Waals surface area (Å²) >= 11 is 0. The molecular formula is C104H129F2N27O5. The summed E-state index contributed by atoms with van der Waals surface area (Å²) in [7, 11) is 11.9. The second-order valence-corrected chi connectivity index (χ2v) is 40.0. The van der Waals surface area contributed by atoms with Gasteiger partial charge < -0.3 is 59.1 Å². The molecule has 1 unspecified atom stereocenters. The van der Waals surface area contributed by atoms with Crippen LogP contribution in [-0.2, 0) is 130 Å². The number of hydrogen-bond acceptors (Lipinski definition) is 20. The molecule has 0 aliphatic carbocycles. The molecule has 24 rings (SSSR count). The third kappa shape index (κ3) is 18.1. The molecule has 4 aromatic carbocycles. The largest absolute Gasteiger partial charge is 0.377 e. The number of hydrogen-bond donors (Lipinski definition) is 1. The van der Waals surface area contributed by atoms with Crippen LogP contribution in [0.3, 0.4) is 0 Å². The van der Waals surface area contributed by atoms with Gasteiger partial charge in [0, 0.05) is 255 Å². The number of amides is 4. The van der Waals surface area contributed by atoms with E-state index in [-0.39, 0.29) is 35.4 Å². The Kier molecular flexibility index (Phi) is 25.7. The van der Waals surface area contributed by atoms with Crippen molar-refractivity contribution < 1.29 is 32.7 Å². The molecule has 12 aliphatic rings. The fourth-order valence-corrected chi connectivity index (χ4v) is 23.2. The number of halogens is 2. The van der Waals surface area contributed by atoms with Gasteiger partial charge in [0.25, 0.3) is 6.43 Å². The average Bonchev–Trinajstić information content (AvgIpc) is 1.61. The van der Waals surface area contributed by atoms with Crippen molar-refractivity contribution in [3.63, 3.8) is 0 Å². The molecule has 4 amide bonds. The third-order valence-electron chi connectivity index (χ3n) is 30.7. The predicted octanol–water partition coefficient (Wildman–Crippen LogP) is 13.7. The Morgan fingerprint density at radius 2 is 0.681 bits per heavy atom. The lowest BCUT2D eigenvalue weighted by Crippen LogP contribution is -2.37. The van der Waals surface area contributed by atoms with Gasteiger partial charge in [-0.15, -0.1) is 0 Å². The summed E-state index contributed by atoms with van der Waals surface area (Å²) in [6.07, 6.45) is 28.3. The number of nitrogens with one attached hydrogen (secondary N) is 1. The predicted molar refractivity (Wildman–Crippen MR) is 527 cm³/mol. The Hall–Kier alpha value is -12.7. The SMILES string of the molecule is CC(=O)N1CCc2c(c(N3CCCc4cc(-c5cn(C)nc5C(F)F)ccc43)nn2C2COC2)C1.CC(=O)N1CCc2c(c(N3CCCc4cc(-c5cnn(C)c5)ccc43)nn2C2CCN(C)C2)C1.CC(=O)N1CCc2c(c(N3CCCc4cc(-c5cnn(C)c5)ccc43)nn2C2CCN(C)CC2)C1.CC(=O)N1CCc2c(c(N3CCCc4cc(-c5cnn(C)c5)ccc43)nn2C2CCNCC2)C1. The number of carbonyl (C=O) groups is 4. The maximum Gasteiger partial charge on any atom is 0.282 e. The van der Waals surface area contributed by atoms with Gasteiger partial charge in [-0.1, -0.05) is 24.3 Å². The van der Waals surface area contributed by atoms with E-state index in [1.54, 1.807) is 40.9 Å². The fourth-order valence-electron chi connectivity index (χ4n) is 23.2. The molecule has 0 bridgehead atoms. The number of piperidine rings is 2. The normalized spacial score (nSPS) is 19.0. The van der Waals surface area contributed by atoms with Gasteiger partial charge in [0.1, 0.15) is 5.69 Å². The first-order valence-electron chi connectivity index (χ1n) is 49.9. The van der Waals surface area contributed by atoms with Crippen LogP contribution < -0.4 is 24.9 Å². The molecule has 12 aliphatic heterocycles. The number of aryl methyl sites for hydroxylation is 8. The molecule has 32 nitrogen and oxygen atoms in total. The van der Waals surface area contributed by atoms with E-state index in [1.807, 2.05) is 91.6 Å². The molecule has 12 aromatic rings. The van der Waals surface area contributed by atoms with Crippen LogP contribution in [0.1, 0.15) is 189 Å². The minimum absolute atomic E-state index is 0.0660. The summed E-state index contributed by atoms with van der Waals surface area (Å²) in [4.78, 5) is 71.0. The van der Waals surface area contributed by atoms with E-state index in [0.717, 1.165) is 257 Å². The van der Waals surface area contributed by atoms with E-state index in [2.05, 4.69) is 161 Å². The second kappa shape index (κ2) is 38.6. The lowest BCUT2D eigenvalue weighted by Gasteiger charge is -2.33. The van der Waals surface area contributed by atoms with Gasteiger partial charge in [0.2, 0.25) is 23.6 Å². The van der Waals surface area contributed by atoms with E-state index in [9.17, 15) is 28.0 Å². The fraction of sp³-hybridized carbons (Fsp3) is 0.500. The number of alkyl halides is 2. The number of aromatic nitrogens is 16. The Bertz CT molecular complexity index is 6380. The summed E-state index contributed by atoms with van der Waals surface area (Å²) in [5.74, 6) is 4.54. The maximum absolute atomic E-state index is 13.6. The standard InChI is InChI=1S/C27H35N7O.2C26H33N7O.C25H28F2N6O2/c1-19(35)32-14-10-26-24(18-32)27(29-34(26)23-8-12-30(2)13-9-23)33-11-4-5-21-15-20(6-7-25(21)33)22-16-28-31(3)17-22;1-18(34)31-12-9-25-23(17-31)26(28-33(25)22-8-11-29(2)16-22)32-10-4-5-20-13-19(6-7-24(20)32)21-14-27-30(3)15-21;1-18(34)31-13-9-25-23(17-31)26(29-33(25)22-7-10-27-11-8-22)32-12-3-4-20-14-19(5-6-24(20)32)21-15-28-30(2)16-21;1-15(34)31-9-7-22-20(12-31)25(29-33(22)18-13-35-14-18)32-8-3-4-17-10-16(5-6-21(17)32)19-11-30(2)28-23(19)24(26)27/h6-7,15-17,23H,4-5,8-14,18H2,1-3H3;6-7,13-15,22H,4-5,8-12,16-17H2,1-3H3;5-6,14-16,22,27H,3-4,7-13,17H2,1-2H3;5-6,10-11,18,24H,3-4,7-9,12-14H2,1-2H3. The van der Waals surface area contributed by atoms with Gasteiger partial charge >= 0.3 is 0 Å². The highest BCUT2D eigenvalue weighted by Gasteiger charge is 2.41. The number of carbonyl (C=O) groups excluding carboxylic acids is 4. The average molecular weight is 1880 g/mol. The van der Waals surface area contributed by atoms with E-state index >= 15 is 0 Å². The zero-order valence-corrected chi connectivity index (χ0v) is 81.4. The minimum atomic E-state index is -2.63. The first kappa shape index (κ1) is 91.7. The van der Waals surface area contributed by atoms with E-state index in [0.29, 0.717) is 69.6 Å². The van der Waals surface area contributed by atoms with Crippen molar-refractivity contribution in [1.29, 1.82) is 0 Å². The lowest BCUT2D eigenvalue weighted by atomic mass is 9.95. The van der Waals surface area contributed by atoms with E-state index in [1.165, 1.54) is 94.6 Å². The van der Waals surface area contributed by atoms with Crippen LogP contribution >= 0.6 is 0 Å². The number of nitrogens with zero attached hydrogens (tertiary/aromatic N) is 26. The van der Waals surface area contributed by atoms with Gasteiger partial charge in [-0.25, -0.2) is 8.78 Å². The first-order chi connectivity index (χ1) is 66.9. The van der Waals surface area contributed by atoms with Crippen molar-refractivity contribution in [2.45, 2.75) is 194 Å². The zero-order valence-electron chi connectivity index (χ0n) is 81.4. The van der Waals surface area contributed by atoms with Gasteiger partial charge in [-0.05, 0) is 223 Å². The molecule has 4 saturated heterocycles. The number of fused-ring (bicyclic) bond motifs is 8. The lowest BCUT2D eigenvalue weighted by molar-refractivity contribution is -0.130. The molecule has 0 radical (unpaired) electrons. The number of ether oxygens (including phenoxy) is 1. The van der Waals surface area contributed by atoms with Crippen molar-refractivity contribution in [1.82, 2.24) is 113 Å². The van der Waals surface area contributed by atoms with Gasteiger partial charge in [0.15, 0.2) is 23.3 Å². The number of likely N-dealkylation sites (tertiary alicyclic amines) is 2. The minimum Gasteiger partial charge on any atom is -0.377 e. The quantitative estimate of drug-likeness (QED) is 0.112. The summed E-state index contributed by atoms with van der Waals surface area (Å²) in [6.45, 7) is 23.6. The molecule has 1 N–H and O–H groups in total. The van der Waals surface area contributed by atoms with Crippen LogP contribution in [0, 0.1) is 0 Å². The van der Waals surface area contributed by atoms with Crippen molar-refractivity contribution >= 4 is 69.6 Å². The first-order valence-corrected chi connectivity index (χ1v) is 49.9. The van der Waals surface area contributed by atoms with Crippen LogP contribution in [0.15, 0.2) is 116 Å². The summed E-state index contributed by atoms with van der Waals surface area (Å²) in [5.41, 5.74) is 28.0. The molecule has 34 heteroatoms. The van der Waals surface area contributed by atoms with E-state index < -0.39 is 6.43 Å². The number of benzene rings is 4. The molecule has 20 heterocycles. The van der Waals surface area contributed by atoms with Crippen LogP contribution in [0.2, 0.25) is 0 Å². The van der Waals surface area contributed by atoms with Gasteiger partial charge in [-0.2, -0.15) is 40.8 Å². The Balaban J connectivity index is 0.000000110. The molecular weight excluding hydrogens is 1750 g/mol. The molecule has 138 heavy (non-hydrogen) atoms. The van der Waals surface area contributed by atoms with Gasteiger partial charge in [0.05, 0.1) is 82.2 Å². The number of anilines is 8. The Labute approximate surface area is 805 Å². The summed E-state index contributed by atoms with van der Waals surface area (Å²) in [6, 6.07) is 27.7. The van der Waals surface area contributed by atoms with Crippen molar-refractivity contribution in [3.05, 3.63) is 189 Å². The molecule has 4 fully saturated rings. The third-order valence-corrected chi connectivity index (χ3v) is 30.7. The molecule has 1 atom stereocenters. The highest BCUT2D eigenvalue weighted by Crippen LogP contribution is 2.48. The van der Waals surface area contributed by atoms with Crippen molar-refractivity contribution in [2.75, 3.05) is 139 Å².